The summed E-state index contributed by atoms with van der Waals surface area (Å²) in [6.07, 6.45) is 5.38. The zero-order valence-corrected chi connectivity index (χ0v) is 17.3. The average molecular weight is 402 g/mol. The number of nitrogens with two attached hydrogens (primary N) is 1. The van der Waals surface area contributed by atoms with Gasteiger partial charge in [-0.05, 0) is 56.2 Å². The van der Waals surface area contributed by atoms with Crippen LogP contribution in [0.5, 0.6) is 0 Å². The summed E-state index contributed by atoms with van der Waals surface area (Å²) in [5, 5.41) is 3.30. The molecule has 1 aliphatic carbocycles. The Hall–Kier alpha value is -0.810. The summed E-state index contributed by atoms with van der Waals surface area (Å²) in [5.41, 5.74) is 8.59. The summed E-state index contributed by atoms with van der Waals surface area (Å²) in [6.45, 7) is 5.96. The lowest BCUT2D eigenvalue weighted by Gasteiger charge is -2.33. The monoisotopic (exact) mass is 401 g/mol. The molecule has 0 spiro atoms. The van der Waals surface area contributed by atoms with Crippen molar-refractivity contribution < 1.29 is 4.79 Å². The molecule has 1 aromatic rings. The Morgan fingerprint density at radius 3 is 2.50 bits per heavy atom. The van der Waals surface area contributed by atoms with E-state index < -0.39 is 0 Å². The Balaban J connectivity index is 0.00000169. The molecule has 0 aromatic heterocycles. The van der Waals surface area contributed by atoms with Crippen molar-refractivity contribution in [1.82, 2.24) is 10.2 Å². The summed E-state index contributed by atoms with van der Waals surface area (Å²) in [6, 6.07) is 8.95. The molecule has 1 aliphatic heterocycles. The maximum Gasteiger partial charge on any atom is 0.223 e. The van der Waals surface area contributed by atoms with Crippen molar-refractivity contribution in [2.45, 2.75) is 51.6 Å². The first-order valence-electron chi connectivity index (χ1n) is 9.44. The maximum atomic E-state index is 12.5. The number of nitrogens with one attached hydrogen (secondary N) is 1. The second kappa shape index (κ2) is 11.1. The molecule has 0 radical (unpaired) electrons. The summed E-state index contributed by atoms with van der Waals surface area (Å²) in [7, 11) is 0. The van der Waals surface area contributed by atoms with Gasteiger partial charge in [0.25, 0.3) is 0 Å². The summed E-state index contributed by atoms with van der Waals surface area (Å²) in [4.78, 5) is 15.0. The highest BCUT2D eigenvalue weighted by Crippen LogP contribution is 2.31. The molecule has 0 bridgehead atoms. The van der Waals surface area contributed by atoms with Gasteiger partial charge in [-0.25, -0.2) is 0 Å². The number of carbonyl (C=O) groups excluding carboxylic acids is 1. The topological polar surface area (TPSA) is 58.4 Å². The van der Waals surface area contributed by atoms with Crippen molar-refractivity contribution in [2.24, 2.45) is 17.6 Å². The van der Waals surface area contributed by atoms with Crippen molar-refractivity contribution in [3.8, 4) is 0 Å². The Kier molecular flexibility index (Phi) is 9.94. The molecule has 3 rings (SSSR count). The molecule has 2 aliphatic rings. The number of nitrogens with zero attached hydrogens (tertiary/aromatic N) is 1. The molecule has 0 unspecified atom stereocenters. The van der Waals surface area contributed by atoms with Crippen LogP contribution in [-0.4, -0.2) is 36.5 Å². The fourth-order valence-electron chi connectivity index (χ4n) is 4.24. The van der Waals surface area contributed by atoms with Crippen molar-refractivity contribution in [1.29, 1.82) is 0 Å². The third-order valence-electron chi connectivity index (χ3n) is 5.89. The quantitative estimate of drug-likeness (QED) is 0.795. The molecule has 2 fully saturated rings. The van der Waals surface area contributed by atoms with Gasteiger partial charge in [0.15, 0.2) is 0 Å². The van der Waals surface area contributed by atoms with E-state index in [0.29, 0.717) is 18.5 Å². The lowest BCUT2D eigenvalue weighted by molar-refractivity contribution is -0.127. The molecule has 4 nitrogen and oxygen atoms in total. The Labute approximate surface area is 170 Å². The van der Waals surface area contributed by atoms with Crippen LogP contribution >= 0.6 is 24.8 Å². The molecule has 3 N–H and O–H groups in total. The van der Waals surface area contributed by atoms with Crippen LogP contribution in [0.1, 0.15) is 43.2 Å². The highest BCUT2D eigenvalue weighted by molar-refractivity contribution is 5.85. The van der Waals surface area contributed by atoms with Gasteiger partial charge in [-0.1, -0.05) is 30.7 Å². The highest BCUT2D eigenvalue weighted by Gasteiger charge is 2.33. The molecule has 148 valence electrons. The smallest absolute Gasteiger partial charge is 0.223 e. The molecule has 1 saturated carbocycles. The number of hydrogen-bond donors (Lipinski definition) is 2. The van der Waals surface area contributed by atoms with Crippen molar-refractivity contribution in [3.63, 3.8) is 0 Å². The summed E-state index contributed by atoms with van der Waals surface area (Å²) < 4.78 is 0. The van der Waals surface area contributed by atoms with Gasteiger partial charge in [0.1, 0.15) is 0 Å². The third-order valence-corrected chi connectivity index (χ3v) is 5.89. The van der Waals surface area contributed by atoms with Crippen LogP contribution in [0.2, 0.25) is 0 Å². The van der Waals surface area contributed by atoms with E-state index in [4.69, 9.17) is 5.73 Å². The van der Waals surface area contributed by atoms with Crippen LogP contribution in [0.4, 0.5) is 0 Å². The standard InChI is InChI=1S/C20H31N3O.2ClH/c1-15-5-2-3-6-17(15)14-23-11-9-18(10-12-23)22-20(24)19-8-4-7-16(19)13-21;;/h2-3,5-6,16,18-19H,4,7-14,21H2,1H3,(H,22,24);2*1H/t16-,19-;;/m1../s1. The van der Waals surface area contributed by atoms with Gasteiger partial charge in [-0.3, -0.25) is 9.69 Å². The van der Waals surface area contributed by atoms with E-state index in [-0.39, 0.29) is 36.6 Å². The third kappa shape index (κ3) is 5.85. The molecular weight excluding hydrogens is 369 g/mol. The normalized spacial score (nSPS) is 23.8. The minimum atomic E-state index is 0. The highest BCUT2D eigenvalue weighted by atomic mass is 35.5. The number of benzene rings is 1. The van der Waals surface area contributed by atoms with Gasteiger partial charge in [-0.15, -0.1) is 24.8 Å². The van der Waals surface area contributed by atoms with Gasteiger partial charge in [-0.2, -0.15) is 0 Å². The van der Waals surface area contributed by atoms with Crippen molar-refractivity contribution in [3.05, 3.63) is 35.4 Å². The fourth-order valence-corrected chi connectivity index (χ4v) is 4.24. The Bertz CT molecular complexity index is 562. The van der Waals surface area contributed by atoms with Crippen LogP contribution in [-0.2, 0) is 11.3 Å². The maximum absolute atomic E-state index is 12.5. The molecular formula is C20H33Cl2N3O. The van der Waals surface area contributed by atoms with E-state index in [1.165, 1.54) is 11.1 Å². The van der Waals surface area contributed by atoms with Crippen LogP contribution in [0.3, 0.4) is 0 Å². The number of aryl methyl sites for hydroxylation is 1. The number of rotatable bonds is 5. The average Bonchev–Trinajstić information content (AvgIpc) is 3.07. The van der Waals surface area contributed by atoms with Gasteiger partial charge in [0.05, 0.1) is 0 Å². The Morgan fingerprint density at radius 1 is 1.15 bits per heavy atom. The fraction of sp³-hybridized carbons (Fsp3) is 0.650. The van der Waals surface area contributed by atoms with Crippen LogP contribution in [0.15, 0.2) is 24.3 Å². The zero-order chi connectivity index (χ0) is 16.9. The van der Waals surface area contributed by atoms with Crippen LogP contribution in [0.25, 0.3) is 0 Å². The van der Waals surface area contributed by atoms with Gasteiger partial charge >= 0.3 is 0 Å². The predicted molar refractivity (Wildman–Crippen MR) is 112 cm³/mol. The number of hydrogen-bond acceptors (Lipinski definition) is 3. The molecule has 1 saturated heterocycles. The minimum absolute atomic E-state index is 0. The molecule has 6 heteroatoms. The van der Waals surface area contributed by atoms with E-state index in [2.05, 4.69) is 41.4 Å². The van der Waals surface area contributed by atoms with E-state index in [0.717, 1.165) is 51.7 Å². The number of amides is 1. The number of likely N-dealkylation sites (tertiary alicyclic amines) is 1. The van der Waals surface area contributed by atoms with E-state index in [1.54, 1.807) is 0 Å². The molecule has 1 aromatic carbocycles. The number of piperidine rings is 1. The van der Waals surface area contributed by atoms with Crippen molar-refractivity contribution >= 4 is 30.7 Å². The first kappa shape index (κ1) is 23.2. The Morgan fingerprint density at radius 2 is 1.85 bits per heavy atom. The van der Waals surface area contributed by atoms with Gasteiger partial charge < -0.3 is 11.1 Å². The van der Waals surface area contributed by atoms with E-state index >= 15 is 0 Å². The predicted octanol–water partition coefficient (Wildman–Crippen LogP) is 3.29. The second-order valence-electron chi connectivity index (χ2n) is 7.52. The lowest BCUT2D eigenvalue weighted by atomic mass is 9.94. The molecule has 1 amide bonds. The number of carbonyl (C=O) groups is 1. The van der Waals surface area contributed by atoms with Gasteiger partial charge in [0.2, 0.25) is 5.91 Å². The summed E-state index contributed by atoms with van der Waals surface area (Å²) >= 11 is 0. The zero-order valence-electron chi connectivity index (χ0n) is 15.7. The van der Waals surface area contributed by atoms with Gasteiger partial charge in [0, 0.05) is 31.6 Å². The SMILES string of the molecule is Cc1ccccc1CN1CCC(NC(=O)[C@@H]2CCC[C@@H]2CN)CC1.Cl.Cl. The van der Waals surface area contributed by atoms with E-state index in [1.807, 2.05) is 0 Å². The second-order valence-corrected chi connectivity index (χ2v) is 7.52. The largest absolute Gasteiger partial charge is 0.353 e. The van der Waals surface area contributed by atoms with Crippen LogP contribution < -0.4 is 11.1 Å². The lowest BCUT2D eigenvalue weighted by Crippen LogP contribution is -2.47. The summed E-state index contributed by atoms with van der Waals surface area (Å²) in [5.74, 6) is 0.798. The minimum Gasteiger partial charge on any atom is -0.353 e. The number of halogens is 2. The first-order valence-corrected chi connectivity index (χ1v) is 9.44. The first-order chi connectivity index (χ1) is 11.7. The molecule has 1 heterocycles. The van der Waals surface area contributed by atoms with E-state index in [9.17, 15) is 4.79 Å². The van der Waals surface area contributed by atoms with Crippen LogP contribution in [0, 0.1) is 18.8 Å². The van der Waals surface area contributed by atoms with Crippen molar-refractivity contribution in [2.75, 3.05) is 19.6 Å². The molecule has 2 atom stereocenters. The molecule has 26 heavy (non-hydrogen) atoms.